The number of carbonyl (C=O) groups is 1. The molecule has 1 saturated carbocycles. The van der Waals surface area contributed by atoms with Gasteiger partial charge in [-0.3, -0.25) is 4.79 Å². The van der Waals surface area contributed by atoms with Crippen molar-refractivity contribution < 1.29 is 31.1 Å². The summed E-state index contributed by atoms with van der Waals surface area (Å²) >= 11 is 0.124. The van der Waals surface area contributed by atoms with Crippen molar-refractivity contribution in [3.05, 3.63) is 112 Å². The zero-order valence-corrected chi connectivity index (χ0v) is 26.1. The van der Waals surface area contributed by atoms with Crippen molar-refractivity contribution in [2.24, 2.45) is 0 Å². The van der Waals surface area contributed by atoms with Crippen molar-refractivity contribution in [1.82, 2.24) is 14.3 Å². The molecule has 2 N–H and O–H groups in total. The fourth-order valence-corrected chi connectivity index (χ4v) is 5.82. The first-order chi connectivity index (χ1) is 21.7. The van der Waals surface area contributed by atoms with Crippen LogP contribution in [0.3, 0.4) is 0 Å². The summed E-state index contributed by atoms with van der Waals surface area (Å²) in [5.74, 6) is -11.7. The lowest BCUT2D eigenvalue weighted by atomic mass is 9.84. The smallest absolute Gasteiger partial charge is 0.242 e. The number of nitrogens with zero attached hydrogens (tertiary/aromatic N) is 4. The molecule has 0 radical (unpaired) electrons. The third-order valence-corrected chi connectivity index (χ3v) is 8.60. The van der Waals surface area contributed by atoms with E-state index >= 15 is 0 Å². The quantitative estimate of drug-likeness (QED) is 0.0811. The van der Waals surface area contributed by atoms with E-state index in [0.29, 0.717) is 5.92 Å². The summed E-state index contributed by atoms with van der Waals surface area (Å²) in [5, 5.41) is 0. The zero-order valence-electron chi connectivity index (χ0n) is 25.3. The van der Waals surface area contributed by atoms with Crippen molar-refractivity contribution in [1.29, 1.82) is 0 Å². The van der Waals surface area contributed by atoms with Gasteiger partial charge in [0, 0.05) is 12.1 Å². The van der Waals surface area contributed by atoms with Crippen LogP contribution in [0.4, 0.5) is 38.0 Å². The van der Waals surface area contributed by atoms with Gasteiger partial charge in [0.1, 0.15) is 10.7 Å². The summed E-state index contributed by atoms with van der Waals surface area (Å²) in [6, 6.07) is 11.6. The van der Waals surface area contributed by atoms with Crippen LogP contribution in [-0.2, 0) is 23.3 Å². The van der Waals surface area contributed by atoms with E-state index < -0.39 is 58.8 Å². The highest BCUT2D eigenvalue weighted by Gasteiger charge is 2.31. The lowest BCUT2D eigenvalue weighted by molar-refractivity contribution is -0.119. The predicted octanol–water partition coefficient (Wildman–Crippen LogP) is 7.81. The van der Waals surface area contributed by atoms with Gasteiger partial charge in [-0.1, -0.05) is 57.2 Å². The number of benzene rings is 3. The van der Waals surface area contributed by atoms with E-state index in [0.717, 1.165) is 39.9 Å². The molecule has 0 aliphatic heterocycles. The molecule has 46 heavy (non-hydrogen) atoms. The van der Waals surface area contributed by atoms with Gasteiger partial charge in [-0.25, -0.2) is 40.6 Å². The van der Waals surface area contributed by atoms with Gasteiger partial charge in [0.2, 0.25) is 17.7 Å². The Bertz CT molecular complexity index is 1730. The standard InChI is InChI=1S/C33H31F6N5OS/c1-33(2,3)22-11-18(10-21(12-22)19-8-9-19)15-44(23-13-41-32(40)42-14-23)25(45)17-43(16-20-6-4-5-7-24(20)34)46-31-29(38)27(36)26(35)28(37)30(31)39/h4-7,10-14,19H,8-9,15-17H2,1-3H3,(H2,40,41,42). The van der Waals surface area contributed by atoms with Crippen LogP contribution in [0.25, 0.3) is 0 Å². The van der Waals surface area contributed by atoms with Gasteiger partial charge in [-0.05, 0) is 58.9 Å². The fraction of sp³-hybridized carbons (Fsp3) is 0.303. The second kappa shape index (κ2) is 13.3. The van der Waals surface area contributed by atoms with Crippen LogP contribution in [0.2, 0.25) is 0 Å². The highest BCUT2D eigenvalue weighted by atomic mass is 32.2. The van der Waals surface area contributed by atoms with E-state index in [-0.39, 0.29) is 41.1 Å². The molecule has 0 bridgehead atoms. The minimum atomic E-state index is -2.31. The van der Waals surface area contributed by atoms with Crippen LogP contribution in [0.1, 0.15) is 61.8 Å². The van der Waals surface area contributed by atoms with Crippen LogP contribution in [0, 0.1) is 34.9 Å². The second-order valence-electron chi connectivity index (χ2n) is 12.1. The third kappa shape index (κ3) is 7.47. The Labute approximate surface area is 266 Å². The van der Waals surface area contributed by atoms with Crippen molar-refractivity contribution in [3.63, 3.8) is 0 Å². The molecular weight excluding hydrogens is 628 g/mol. The average molecular weight is 660 g/mol. The third-order valence-electron chi connectivity index (χ3n) is 7.55. The van der Waals surface area contributed by atoms with Crippen molar-refractivity contribution in [2.75, 3.05) is 17.2 Å². The van der Waals surface area contributed by atoms with Crippen LogP contribution in [0.15, 0.2) is 59.8 Å². The SMILES string of the molecule is CC(C)(C)c1cc(CN(C(=O)CN(Cc2ccccc2F)Sc2c(F)c(F)c(F)c(F)c2F)c2cnc(N)nc2)cc(C2CC2)c1. The molecule has 13 heteroatoms. The maximum Gasteiger partial charge on any atom is 0.242 e. The molecule has 1 fully saturated rings. The van der Waals surface area contributed by atoms with E-state index in [4.69, 9.17) is 5.73 Å². The van der Waals surface area contributed by atoms with Gasteiger partial charge in [-0.15, -0.1) is 0 Å². The number of aromatic nitrogens is 2. The lowest BCUT2D eigenvalue weighted by Crippen LogP contribution is -2.38. The monoisotopic (exact) mass is 659 g/mol. The summed E-state index contributed by atoms with van der Waals surface area (Å²) in [6.07, 6.45) is 4.80. The fourth-order valence-electron chi connectivity index (χ4n) is 4.84. The van der Waals surface area contributed by atoms with Gasteiger partial charge in [-0.2, -0.15) is 0 Å². The topological polar surface area (TPSA) is 75.4 Å². The largest absolute Gasteiger partial charge is 0.368 e. The number of hydrogen-bond donors (Lipinski definition) is 1. The van der Waals surface area contributed by atoms with Crippen LogP contribution in [-0.4, -0.2) is 26.7 Å². The van der Waals surface area contributed by atoms with E-state index in [1.54, 1.807) is 0 Å². The van der Waals surface area contributed by atoms with Gasteiger partial charge in [0.15, 0.2) is 23.3 Å². The molecule has 0 saturated heterocycles. The minimum absolute atomic E-state index is 0.0287. The molecule has 0 atom stereocenters. The molecule has 1 amide bonds. The molecule has 4 aromatic rings. The van der Waals surface area contributed by atoms with Crippen molar-refractivity contribution in [3.8, 4) is 0 Å². The molecule has 0 spiro atoms. The first-order valence-corrected chi connectivity index (χ1v) is 15.2. The molecule has 1 heterocycles. The number of anilines is 2. The minimum Gasteiger partial charge on any atom is -0.368 e. The maximum atomic E-state index is 14.7. The summed E-state index contributed by atoms with van der Waals surface area (Å²) < 4.78 is 87.2. The number of hydrogen-bond acceptors (Lipinski definition) is 6. The van der Waals surface area contributed by atoms with E-state index in [2.05, 4.69) is 36.8 Å². The highest BCUT2D eigenvalue weighted by molar-refractivity contribution is 7.97. The summed E-state index contributed by atoms with van der Waals surface area (Å²) in [5.41, 5.74) is 8.78. The Morgan fingerprint density at radius 1 is 0.891 bits per heavy atom. The van der Waals surface area contributed by atoms with Crippen LogP contribution >= 0.6 is 11.9 Å². The predicted molar refractivity (Wildman–Crippen MR) is 164 cm³/mol. The van der Waals surface area contributed by atoms with E-state index in [1.807, 2.05) is 12.1 Å². The number of amides is 1. The van der Waals surface area contributed by atoms with Gasteiger partial charge in [0.05, 0.1) is 31.2 Å². The number of nitrogen functional groups attached to an aromatic ring is 1. The molecule has 6 nitrogen and oxygen atoms in total. The Balaban J connectivity index is 1.53. The first-order valence-electron chi connectivity index (χ1n) is 14.4. The number of carbonyl (C=O) groups excluding carboxylic acids is 1. The molecule has 1 aliphatic rings. The maximum absolute atomic E-state index is 14.7. The highest BCUT2D eigenvalue weighted by Crippen LogP contribution is 2.42. The Morgan fingerprint density at radius 2 is 1.50 bits per heavy atom. The van der Waals surface area contributed by atoms with E-state index in [9.17, 15) is 31.1 Å². The zero-order chi connectivity index (χ0) is 33.3. The number of rotatable bonds is 10. The summed E-state index contributed by atoms with van der Waals surface area (Å²) in [7, 11) is 0. The molecule has 1 aromatic heterocycles. The van der Waals surface area contributed by atoms with Crippen molar-refractivity contribution >= 4 is 29.5 Å². The Kier molecular flexibility index (Phi) is 9.64. The van der Waals surface area contributed by atoms with Crippen molar-refractivity contribution in [2.45, 2.75) is 62.9 Å². The Hall–Kier alpha value is -4.10. The first kappa shape index (κ1) is 33.3. The molecule has 3 aromatic carbocycles. The van der Waals surface area contributed by atoms with Gasteiger partial charge < -0.3 is 10.6 Å². The number of nitrogens with two attached hydrogens (primary N) is 1. The molecule has 1 aliphatic carbocycles. The average Bonchev–Trinajstić information content (AvgIpc) is 3.87. The van der Waals surface area contributed by atoms with Gasteiger partial charge >= 0.3 is 0 Å². The normalized spacial score (nSPS) is 13.3. The number of halogens is 6. The second-order valence-corrected chi connectivity index (χ2v) is 13.3. The molecule has 0 unspecified atom stereocenters. The molecule has 242 valence electrons. The summed E-state index contributed by atoms with van der Waals surface area (Å²) in [6.45, 7) is 5.23. The molecule has 5 rings (SSSR count). The van der Waals surface area contributed by atoms with Crippen LogP contribution < -0.4 is 10.6 Å². The summed E-state index contributed by atoms with van der Waals surface area (Å²) in [4.78, 5) is 22.2. The Morgan fingerprint density at radius 3 is 2.09 bits per heavy atom. The van der Waals surface area contributed by atoms with E-state index in [1.165, 1.54) is 35.5 Å². The van der Waals surface area contributed by atoms with Gasteiger partial charge in [0.25, 0.3) is 0 Å². The molecular formula is C33H31F6N5OS. The lowest BCUT2D eigenvalue weighted by Gasteiger charge is -2.28. The van der Waals surface area contributed by atoms with Crippen LogP contribution in [0.5, 0.6) is 0 Å².